The second kappa shape index (κ2) is 14.6. The van der Waals surface area contributed by atoms with Gasteiger partial charge in [0.05, 0.1) is 5.70 Å². The van der Waals surface area contributed by atoms with Gasteiger partial charge in [-0.25, -0.2) is 0 Å². The van der Waals surface area contributed by atoms with Gasteiger partial charge in [-0.15, -0.1) is 12.4 Å². The summed E-state index contributed by atoms with van der Waals surface area (Å²) in [5.41, 5.74) is 6.85. The van der Waals surface area contributed by atoms with E-state index in [9.17, 15) is 29.4 Å². The van der Waals surface area contributed by atoms with E-state index < -0.39 is 11.9 Å². The zero-order chi connectivity index (χ0) is 31.6. The Labute approximate surface area is 265 Å². The van der Waals surface area contributed by atoms with E-state index in [-0.39, 0.29) is 72.8 Å². The van der Waals surface area contributed by atoms with Gasteiger partial charge < -0.3 is 25.8 Å². The molecule has 44 heavy (non-hydrogen) atoms. The van der Waals surface area contributed by atoms with E-state index in [1.807, 2.05) is 33.8 Å². The van der Waals surface area contributed by atoms with E-state index in [1.54, 1.807) is 0 Å². The van der Waals surface area contributed by atoms with Crippen molar-refractivity contribution in [2.75, 3.05) is 0 Å². The topological polar surface area (TPSA) is 161 Å². The molecule has 6 atom stereocenters. The van der Waals surface area contributed by atoms with E-state index in [0.717, 1.165) is 52.2 Å². The smallest absolute Gasteiger partial charge is 0.303 e. The van der Waals surface area contributed by atoms with Crippen LogP contribution >= 0.6 is 12.4 Å². The Morgan fingerprint density at radius 3 is 2.14 bits per heavy atom. The van der Waals surface area contributed by atoms with Crippen LogP contribution in [0.5, 0.6) is 0 Å². The van der Waals surface area contributed by atoms with Crippen LogP contribution in [0.1, 0.15) is 95.7 Å². The van der Waals surface area contributed by atoms with Gasteiger partial charge in [0.1, 0.15) is 0 Å². The molecule has 0 saturated carbocycles. The molecule has 5 N–H and O–H groups in total. The minimum absolute atomic E-state index is 0. The SMILES string of the molecule is CC[C@H]1[C@H](CC2=NC(=Cc3[nH]c(C[C@@H]4NC(=O)[C@H](CC)[C@H]4C)c(C)c3CCC(=O)O)C(CCC(=O)O)=C2C)NC(=O)[C@@H]1C.Cl. The normalized spacial score (nSPS) is 27.4. The predicted molar refractivity (Wildman–Crippen MR) is 172 cm³/mol. The van der Waals surface area contributed by atoms with Gasteiger partial charge in [-0.3, -0.25) is 24.2 Å². The molecule has 2 saturated heterocycles. The fourth-order valence-electron chi connectivity index (χ4n) is 7.23. The number of hydrogen-bond acceptors (Lipinski definition) is 5. The Hall–Kier alpha value is -3.40. The lowest BCUT2D eigenvalue weighted by Gasteiger charge is -2.19. The molecule has 4 rings (SSSR count). The molecule has 0 spiro atoms. The van der Waals surface area contributed by atoms with Crippen molar-refractivity contribution in [2.24, 2.45) is 28.7 Å². The number of aromatic nitrogens is 1. The molecule has 0 radical (unpaired) electrons. The van der Waals surface area contributed by atoms with Gasteiger partial charge in [-0.1, -0.05) is 34.1 Å². The maximum atomic E-state index is 12.5. The van der Waals surface area contributed by atoms with E-state index >= 15 is 0 Å². The summed E-state index contributed by atoms with van der Waals surface area (Å²) >= 11 is 0. The molecule has 1 aromatic heterocycles. The summed E-state index contributed by atoms with van der Waals surface area (Å²) in [6.07, 6.45) is 5.30. The van der Waals surface area contributed by atoms with Gasteiger partial charge in [0.15, 0.2) is 0 Å². The van der Waals surface area contributed by atoms with Gasteiger partial charge in [0, 0.05) is 66.7 Å². The van der Waals surface area contributed by atoms with Crippen molar-refractivity contribution in [3.05, 3.63) is 39.4 Å². The number of carbonyl (C=O) groups excluding carboxylic acids is 2. The summed E-state index contributed by atoms with van der Waals surface area (Å²) in [6, 6.07) is -0.0650. The molecular weight excluding hydrogens is 584 g/mol. The fourth-order valence-corrected chi connectivity index (χ4v) is 7.23. The molecule has 0 unspecified atom stereocenters. The molecule has 0 bridgehead atoms. The lowest BCUT2D eigenvalue weighted by molar-refractivity contribution is -0.138. The second-order valence-corrected chi connectivity index (χ2v) is 12.5. The number of hydrogen-bond donors (Lipinski definition) is 5. The number of nitrogens with zero attached hydrogens (tertiary/aromatic N) is 1. The number of amides is 2. The molecule has 3 aliphatic heterocycles. The maximum absolute atomic E-state index is 12.5. The number of aliphatic carboxylic acids is 2. The molecule has 3 aliphatic rings. The summed E-state index contributed by atoms with van der Waals surface area (Å²) in [6.45, 7) is 12.1. The van der Waals surface area contributed by atoms with Gasteiger partial charge in [0.25, 0.3) is 0 Å². The van der Waals surface area contributed by atoms with Crippen molar-refractivity contribution < 1.29 is 29.4 Å². The summed E-state index contributed by atoms with van der Waals surface area (Å²) in [5.74, 6) is -1.38. The van der Waals surface area contributed by atoms with Gasteiger partial charge in [0.2, 0.25) is 11.8 Å². The van der Waals surface area contributed by atoms with Crippen molar-refractivity contribution in [3.63, 3.8) is 0 Å². The van der Waals surface area contributed by atoms with Crippen LogP contribution in [0, 0.1) is 30.6 Å². The minimum Gasteiger partial charge on any atom is -0.481 e. The Bertz CT molecular complexity index is 1390. The summed E-state index contributed by atoms with van der Waals surface area (Å²) in [7, 11) is 0. The lowest BCUT2D eigenvalue weighted by Crippen LogP contribution is -2.31. The monoisotopic (exact) mass is 630 g/mol. The molecule has 0 aliphatic carbocycles. The molecule has 242 valence electrons. The highest BCUT2D eigenvalue weighted by Gasteiger charge is 2.40. The predicted octanol–water partition coefficient (Wildman–Crippen LogP) is 4.99. The maximum Gasteiger partial charge on any atom is 0.303 e. The van der Waals surface area contributed by atoms with Crippen molar-refractivity contribution in [1.82, 2.24) is 15.6 Å². The van der Waals surface area contributed by atoms with Crippen molar-refractivity contribution in [3.8, 4) is 0 Å². The molecule has 1 aromatic rings. The standard InChI is InChI=1S/C33H46N4O6.ClH/c1-7-20-19(6)32(42)37-27(20)14-25-18(5)23(10-12-31(40)41)29(35-25)15-28-22(9-11-30(38)39)17(4)24(34-28)13-26-16(3)21(8-2)33(43)36-26;/h15-16,19-21,26-27,34H,7-14H2,1-6H3,(H,36,43)(H,37,42)(H,38,39)(H,40,41);1H/t16-,19-,20-,21-,26+,27+;/m1./s1. The Morgan fingerprint density at radius 2 is 1.55 bits per heavy atom. The zero-order valence-electron chi connectivity index (χ0n) is 26.6. The number of allylic oxidation sites excluding steroid dienone is 2. The summed E-state index contributed by atoms with van der Waals surface area (Å²) in [4.78, 5) is 56.5. The first-order chi connectivity index (χ1) is 20.4. The lowest BCUT2D eigenvalue weighted by atomic mass is 9.86. The first-order valence-corrected chi connectivity index (χ1v) is 15.6. The van der Waals surface area contributed by atoms with Crippen LogP contribution in [0.25, 0.3) is 6.08 Å². The molecule has 2 fully saturated rings. The quantitative estimate of drug-likeness (QED) is 0.206. The summed E-state index contributed by atoms with van der Waals surface area (Å²) in [5, 5.41) is 25.2. The van der Waals surface area contributed by atoms with Crippen molar-refractivity contribution >= 4 is 47.9 Å². The van der Waals surface area contributed by atoms with Gasteiger partial charge >= 0.3 is 11.9 Å². The van der Waals surface area contributed by atoms with E-state index in [1.165, 1.54) is 0 Å². The highest BCUT2D eigenvalue weighted by Crippen LogP contribution is 2.37. The van der Waals surface area contributed by atoms with E-state index in [4.69, 9.17) is 4.99 Å². The van der Waals surface area contributed by atoms with Crippen LogP contribution in [0.4, 0.5) is 0 Å². The molecule has 4 heterocycles. The average Bonchev–Trinajstić information content (AvgIpc) is 3.59. The summed E-state index contributed by atoms with van der Waals surface area (Å²) < 4.78 is 0. The largest absolute Gasteiger partial charge is 0.481 e. The first kappa shape index (κ1) is 35.1. The second-order valence-electron chi connectivity index (χ2n) is 12.5. The number of H-pyrrole nitrogens is 1. The number of carboxylic acid groups (broad SMARTS) is 2. The van der Waals surface area contributed by atoms with E-state index in [2.05, 4.69) is 29.5 Å². The van der Waals surface area contributed by atoms with Crippen LogP contribution < -0.4 is 10.6 Å². The van der Waals surface area contributed by atoms with E-state index in [0.29, 0.717) is 31.4 Å². The van der Waals surface area contributed by atoms with Crippen LogP contribution in [-0.2, 0) is 32.0 Å². The minimum atomic E-state index is -0.894. The number of halogens is 1. The number of rotatable bonds is 13. The number of carbonyl (C=O) groups is 4. The Balaban J connectivity index is 0.00000529. The Kier molecular flexibility index (Phi) is 11.6. The molecule has 2 amide bonds. The number of aromatic amines is 1. The van der Waals surface area contributed by atoms with Crippen LogP contribution in [0.15, 0.2) is 21.8 Å². The van der Waals surface area contributed by atoms with Crippen LogP contribution in [-0.4, -0.2) is 56.7 Å². The highest BCUT2D eigenvalue weighted by molar-refractivity contribution is 6.06. The highest BCUT2D eigenvalue weighted by atomic mass is 35.5. The molecule has 10 nitrogen and oxygen atoms in total. The third-order valence-corrected chi connectivity index (χ3v) is 10.0. The number of nitrogens with one attached hydrogen (secondary N) is 3. The number of carboxylic acids is 2. The van der Waals surface area contributed by atoms with Crippen molar-refractivity contribution in [1.29, 1.82) is 0 Å². The Morgan fingerprint density at radius 1 is 0.909 bits per heavy atom. The molecule has 11 heteroatoms. The fraction of sp³-hybridized carbons (Fsp3) is 0.606. The van der Waals surface area contributed by atoms with Gasteiger partial charge in [-0.2, -0.15) is 0 Å². The number of aliphatic imine (C=N–C) groups is 1. The van der Waals surface area contributed by atoms with Crippen LogP contribution in [0.2, 0.25) is 0 Å². The van der Waals surface area contributed by atoms with Gasteiger partial charge in [-0.05, 0) is 73.3 Å². The average molecular weight is 631 g/mol. The van der Waals surface area contributed by atoms with Crippen molar-refractivity contribution in [2.45, 2.75) is 105 Å². The first-order valence-electron chi connectivity index (χ1n) is 15.6. The third-order valence-electron chi connectivity index (χ3n) is 10.0. The third kappa shape index (κ3) is 7.28. The molecular formula is C33H47ClN4O6. The zero-order valence-corrected chi connectivity index (χ0v) is 27.4. The molecule has 0 aromatic carbocycles. The van der Waals surface area contributed by atoms with Crippen LogP contribution in [0.3, 0.4) is 0 Å².